The number of rotatable bonds is 4. The fourth-order valence-electron chi connectivity index (χ4n) is 4.87. The summed E-state index contributed by atoms with van der Waals surface area (Å²) >= 11 is 0. The summed E-state index contributed by atoms with van der Waals surface area (Å²) in [7, 11) is 1.78. The van der Waals surface area contributed by atoms with Crippen LogP contribution < -0.4 is 0 Å². The van der Waals surface area contributed by atoms with Crippen LogP contribution >= 0.6 is 0 Å². The van der Waals surface area contributed by atoms with Crippen molar-refractivity contribution in [3.8, 4) is 0 Å². The molecule has 1 aromatic carbocycles. The monoisotopic (exact) mass is 402 g/mol. The highest BCUT2D eigenvalue weighted by Gasteiger charge is 2.44. The number of carbonyl (C=O) groups is 1. The highest BCUT2D eigenvalue weighted by molar-refractivity contribution is 6.05. The maximum absolute atomic E-state index is 13.2. The second kappa shape index (κ2) is 8.13. The van der Waals surface area contributed by atoms with Crippen LogP contribution in [0.4, 0.5) is 0 Å². The average Bonchev–Trinajstić information content (AvgIpc) is 2.79. The van der Waals surface area contributed by atoms with Crippen molar-refractivity contribution in [2.75, 3.05) is 26.7 Å². The van der Waals surface area contributed by atoms with Gasteiger partial charge in [-0.2, -0.15) is 0 Å². The number of hydrogen-bond acceptors (Lipinski definition) is 5. The van der Waals surface area contributed by atoms with Gasteiger partial charge in [-0.1, -0.05) is 30.3 Å². The number of carbonyl (C=O) groups excluding carboxylic acids is 1. The minimum atomic E-state index is 0.0347. The van der Waals surface area contributed by atoms with Crippen LogP contribution in [0, 0.1) is 0 Å². The van der Waals surface area contributed by atoms with Gasteiger partial charge in [0, 0.05) is 56.8 Å². The Morgan fingerprint density at radius 1 is 1.07 bits per heavy atom. The van der Waals surface area contributed by atoms with Gasteiger partial charge in [-0.3, -0.25) is 19.7 Å². The van der Waals surface area contributed by atoms with Gasteiger partial charge >= 0.3 is 0 Å². The summed E-state index contributed by atoms with van der Waals surface area (Å²) in [5.41, 5.74) is 1.76. The van der Waals surface area contributed by atoms with Crippen molar-refractivity contribution in [2.24, 2.45) is 0 Å². The largest absolute Gasteiger partial charge is 0.378 e. The summed E-state index contributed by atoms with van der Waals surface area (Å²) in [6.45, 7) is 2.43. The molecule has 154 valence electrons. The number of amides is 1. The molecule has 2 fully saturated rings. The zero-order valence-electron chi connectivity index (χ0n) is 17.1. The molecular weight excluding hydrogens is 376 g/mol. The quantitative estimate of drug-likeness (QED) is 0.670. The van der Waals surface area contributed by atoms with Gasteiger partial charge in [-0.15, -0.1) is 0 Å². The molecular formula is C24H26N4O2. The highest BCUT2D eigenvalue weighted by atomic mass is 16.5. The predicted molar refractivity (Wildman–Crippen MR) is 115 cm³/mol. The number of hydrogen-bond donors (Lipinski definition) is 0. The van der Waals surface area contributed by atoms with Gasteiger partial charge in [0.1, 0.15) is 5.69 Å². The molecule has 2 aliphatic heterocycles. The molecule has 2 aliphatic rings. The first-order chi connectivity index (χ1) is 14.8. The molecule has 4 heterocycles. The first kappa shape index (κ1) is 19.2. The van der Waals surface area contributed by atoms with Gasteiger partial charge in [0.15, 0.2) is 0 Å². The number of nitrogens with zero attached hydrogens (tertiary/aromatic N) is 4. The van der Waals surface area contributed by atoms with Crippen LogP contribution in [0.1, 0.15) is 34.9 Å². The molecule has 6 nitrogen and oxygen atoms in total. The smallest absolute Gasteiger partial charge is 0.273 e. The van der Waals surface area contributed by atoms with Crippen molar-refractivity contribution in [1.82, 2.24) is 19.8 Å². The lowest BCUT2D eigenvalue weighted by Gasteiger charge is -2.52. The van der Waals surface area contributed by atoms with E-state index in [1.54, 1.807) is 19.5 Å². The molecule has 0 bridgehead atoms. The summed E-state index contributed by atoms with van der Waals surface area (Å²) in [6.07, 6.45) is 7.60. The number of benzene rings is 1. The van der Waals surface area contributed by atoms with Crippen molar-refractivity contribution in [3.63, 3.8) is 0 Å². The number of aromatic nitrogens is 2. The third-order valence-corrected chi connectivity index (χ3v) is 6.53. The van der Waals surface area contributed by atoms with E-state index in [9.17, 15) is 4.79 Å². The van der Waals surface area contributed by atoms with Crippen molar-refractivity contribution in [3.05, 3.63) is 72.3 Å². The summed E-state index contributed by atoms with van der Waals surface area (Å²) in [5.74, 6) is 0.0347. The van der Waals surface area contributed by atoms with Crippen molar-refractivity contribution < 1.29 is 9.53 Å². The molecule has 6 heteroatoms. The van der Waals surface area contributed by atoms with E-state index in [1.165, 1.54) is 5.56 Å². The summed E-state index contributed by atoms with van der Waals surface area (Å²) in [5, 5.41) is 1.98. The van der Waals surface area contributed by atoms with Crippen molar-refractivity contribution in [2.45, 2.75) is 31.0 Å². The van der Waals surface area contributed by atoms with Gasteiger partial charge < -0.3 is 9.64 Å². The van der Waals surface area contributed by atoms with E-state index in [0.29, 0.717) is 11.7 Å². The Kier molecular flexibility index (Phi) is 5.19. The SMILES string of the molecule is CO[C@H]1CN(C2CCN(C(=O)c3nccc4ccccc34)CC2)[C@H]1c1cccnc1. The Labute approximate surface area is 176 Å². The standard InChI is InChI=1S/C24H26N4O2/c1-30-21-16-28(23(21)18-6-4-11-25-15-18)19-9-13-27(14-10-19)24(29)22-20-7-3-2-5-17(20)8-12-26-22/h2-8,11-12,15,19,21,23H,9-10,13-14,16H2,1H3/t21-,23-/m0/s1. The van der Waals surface area contributed by atoms with Crippen molar-refractivity contribution >= 4 is 16.7 Å². The molecule has 2 atom stereocenters. The second-order valence-corrected chi connectivity index (χ2v) is 8.11. The lowest BCUT2D eigenvalue weighted by atomic mass is 9.87. The molecule has 0 aliphatic carbocycles. The molecule has 5 rings (SSSR count). The maximum Gasteiger partial charge on any atom is 0.273 e. The Hall–Kier alpha value is -2.83. The number of ether oxygens (including phenoxy) is 1. The van der Waals surface area contributed by atoms with Gasteiger partial charge in [0.2, 0.25) is 0 Å². The van der Waals surface area contributed by atoms with E-state index in [-0.39, 0.29) is 18.1 Å². The van der Waals surface area contributed by atoms with Crippen LogP contribution in [-0.2, 0) is 4.74 Å². The summed E-state index contributed by atoms with van der Waals surface area (Å²) in [4.78, 5) is 26.4. The second-order valence-electron chi connectivity index (χ2n) is 8.11. The third kappa shape index (κ3) is 3.36. The van der Waals surface area contributed by atoms with Gasteiger partial charge in [0.25, 0.3) is 5.91 Å². The lowest BCUT2D eigenvalue weighted by molar-refractivity contribution is -0.115. The Balaban J connectivity index is 1.28. The van der Waals surface area contributed by atoms with E-state index >= 15 is 0 Å². The first-order valence-electron chi connectivity index (χ1n) is 10.6. The predicted octanol–water partition coefficient (Wildman–Crippen LogP) is 3.31. The Bertz CT molecular complexity index is 1030. The molecule has 0 N–H and O–H groups in total. The fourth-order valence-corrected chi connectivity index (χ4v) is 4.87. The first-order valence-corrected chi connectivity index (χ1v) is 10.6. The molecule has 2 aromatic heterocycles. The maximum atomic E-state index is 13.2. The summed E-state index contributed by atoms with van der Waals surface area (Å²) in [6, 6.07) is 14.7. The Morgan fingerprint density at radius 2 is 1.90 bits per heavy atom. The molecule has 30 heavy (non-hydrogen) atoms. The number of methoxy groups -OCH3 is 1. The minimum absolute atomic E-state index is 0.0347. The number of piperidine rings is 1. The lowest BCUT2D eigenvalue weighted by Crippen LogP contribution is -2.60. The van der Waals surface area contributed by atoms with Crippen LogP contribution in [0.5, 0.6) is 0 Å². The van der Waals surface area contributed by atoms with Crippen LogP contribution in [0.2, 0.25) is 0 Å². The zero-order valence-corrected chi connectivity index (χ0v) is 17.1. The summed E-state index contributed by atoms with van der Waals surface area (Å²) < 4.78 is 5.69. The molecule has 3 aromatic rings. The van der Waals surface area contributed by atoms with E-state index in [0.717, 1.165) is 43.2 Å². The molecule has 0 spiro atoms. The van der Waals surface area contributed by atoms with Gasteiger partial charge in [0.05, 0.1) is 12.1 Å². The van der Waals surface area contributed by atoms with Crippen LogP contribution in [0.3, 0.4) is 0 Å². The van der Waals surface area contributed by atoms with Crippen LogP contribution in [0.25, 0.3) is 10.8 Å². The van der Waals surface area contributed by atoms with E-state index in [4.69, 9.17) is 4.74 Å². The number of likely N-dealkylation sites (tertiary alicyclic amines) is 2. The van der Waals surface area contributed by atoms with Crippen LogP contribution in [0.15, 0.2) is 61.1 Å². The molecule has 0 unspecified atom stereocenters. The fraction of sp³-hybridized carbons (Fsp3) is 0.375. The zero-order chi connectivity index (χ0) is 20.5. The van der Waals surface area contributed by atoms with E-state index < -0.39 is 0 Å². The normalized spacial score (nSPS) is 22.8. The van der Waals surface area contributed by atoms with E-state index in [2.05, 4.69) is 20.9 Å². The average molecular weight is 402 g/mol. The van der Waals surface area contributed by atoms with E-state index in [1.807, 2.05) is 47.5 Å². The number of pyridine rings is 2. The van der Waals surface area contributed by atoms with Gasteiger partial charge in [-0.05, 0) is 35.9 Å². The number of fused-ring (bicyclic) bond motifs is 1. The highest BCUT2D eigenvalue weighted by Crippen LogP contribution is 2.39. The van der Waals surface area contributed by atoms with Crippen molar-refractivity contribution in [1.29, 1.82) is 0 Å². The molecule has 1 amide bonds. The Morgan fingerprint density at radius 3 is 2.67 bits per heavy atom. The molecule has 2 saturated heterocycles. The minimum Gasteiger partial charge on any atom is -0.378 e. The molecule has 0 radical (unpaired) electrons. The topological polar surface area (TPSA) is 58.6 Å². The van der Waals surface area contributed by atoms with Crippen LogP contribution in [-0.4, -0.2) is 64.6 Å². The third-order valence-electron chi connectivity index (χ3n) is 6.53. The van der Waals surface area contributed by atoms with Gasteiger partial charge in [-0.25, -0.2) is 0 Å². The molecule has 0 saturated carbocycles.